The molecule has 1 atom stereocenters. The van der Waals surface area contributed by atoms with Gasteiger partial charge in [0.1, 0.15) is 0 Å². The van der Waals surface area contributed by atoms with Crippen molar-refractivity contribution in [3.05, 3.63) is 29.8 Å². The number of nitrogens with zero attached hydrogens (tertiary/aromatic N) is 1. The summed E-state index contributed by atoms with van der Waals surface area (Å²) in [5.74, 6) is 0.180. The zero-order valence-corrected chi connectivity index (χ0v) is 9.62. The summed E-state index contributed by atoms with van der Waals surface area (Å²) in [7, 11) is 0. The van der Waals surface area contributed by atoms with Gasteiger partial charge in [-0.2, -0.15) is 0 Å². The third-order valence-electron chi connectivity index (χ3n) is 2.55. The van der Waals surface area contributed by atoms with Gasteiger partial charge in [0.05, 0.1) is 4.83 Å². The van der Waals surface area contributed by atoms with Crippen molar-refractivity contribution in [2.75, 3.05) is 11.4 Å². The second-order valence-corrected chi connectivity index (χ2v) is 4.64. The zero-order valence-electron chi connectivity index (χ0n) is 8.03. The third kappa shape index (κ3) is 1.57. The topological polar surface area (TPSA) is 20.3 Å². The highest BCUT2D eigenvalue weighted by Gasteiger charge is 2.30. The van der Waals surface area contributed by atoms with Crippen molar-refractivity contribution in [1.29, 1.82) is 0 Å². The van der Waals surface area contributed by atoms with Crippen molar-refractivity contribution in [3.63, 3.8) is 0 Å². The van der Waals surface area contributed by atoms with Gasteiger partial charge in [0.25, 0.3) is 0 Å². The summed E-state index contributed by atoms with van der Waals surface area (Å²) < 4.78 is 0. The number of carbonyl (C=O) groups excluding carboxylic acids is 1. The Morgan fingerprint density at radius 1 is 1.43 bits per heavy atom. The summed E-state index contributed by atoms with van der Waals surface area (Å²) >= 11 is 3.37. The van der Waals surface area contributed by atoms with Gasteiger partial charge in [-0.3, -0.25) is 4.79 Å². The van der Waals surface area contributed by atoms with Crippen LogP contribution in [0.15, 0.2) is 24.3 Å². The number of carbonyl (C=O) groups is 1. The molecule has 2 nitrogen and oxygen atoms in total. The lowest BCUT2D eigenvalue weighted by Crippen LogP contribution is -2.27. The Hall–Kier alpha value is -0.830. The van der Waals surface area contributed by atoms with Crippen LogP contribution in [0.25, 0.3) is 0 Å². The van der Waals surface area contributed by atoms with E-state index in [9.17, 15) is 4.79 Å². The molecule has 1 aromatic carbocycles. The Bertz CT molecular complexity index is 364. The molecule has 0 saturated carbocycles. The smallest absolute Gasteiger partial charge is 0.240 e. The largest absolute Gasteiger partial charge is 0.311 e. The van der Waals surface area contributed by atoms with Crippen LogP contribution in [0.5, 0.6) is 0 Å². The summed E-state index contributed by atoms with van der Waals surface area (Å²) in [6.07, 6.45) is 0.896. The molecule has 1 amide bonds. The first kappa shape index (κ1) is 9.71. The van der Waals surface area contributed by atoms with Crippen molar-refractivity contribution in [3.8, 4) is 0 Å². The molecule has 0 aromatic heterocycles. The molecule has 1 saturated heterocycles. The minimum Gasteiger partial charge on any atom is -0.311 e. The number of hydrogen-bond acceptors (Lipinski definition) is 1. The first-order chi connectivity index (χ1) is 6.70. The van der Waals surface area contributed by atoms with Crippen molar-refractivity contribution in [1.82, 2.24) is 0 Å². The van der Waals surface area contributed by atoms with Gasteiger partial charge in [-0.15, -0.1) is 0 Å². The Balaban J connectivity index is 2.33. The Morgan fingerprint density at radius 3 is 2.71 bits per heavy atom. The molecular formula is C11H12BrNO. The molecule has 1 heterocycles. The fourth-order valence-electron chi connectivity index (χ4n) is 1.75. The number of alkyl halides is 1. The van der Waals surface area contributed by atoms with Gasteiger partial charge >= 0.3 is 0 Å². The van der Waals surface area contributed by atoms with Crippen LogP contribution in [0, 0.1) is 6.92 Å². The monoisotopic (exact) mass is 253 g/mol. The van der Waals surface area contributed by atoms with E-state index in [1.54, 1.807) is 0 Å². The van der Waals surface area contributed by atoms with E-state index < -0.39 is 0 Å². The third-order valence-corrected chi connectivity index (χ3v) is 3.40. The van der Waals surface area contributed by atoms with E-state index in [4.69, 9.17) is 0 Å². The molecule has 0 radical (unpaired) electrons. The molecule has 1 aromatic rings. The molecule has 0 bridgehead atoms. The SMILES string of the molecule is Cc1ccccc1N1CCC(Br)C1=O. The van der Waals surface area contributed by atoms with Crippen LogP contribution < -0.4 is 4.90 Å². The van der Waals surface area contributed by atoms with Crippen LogP contribution >= 0.6 is 15.9 Å². The predicted molar refractivity (Wildman–Crippen MR) is 60.9 cm³/mol. The van der Waals surface area contributed by atoms with E-state index in [0.29, 0.717) is 0 Å². The Labute approximate surface area is 92.0 Å². The van der Waals surface area contributed by atoms with Gasteiger partial charge in [-0.05, 0) is 25.0 Å². The fourth-order valence-corrected chi connectivity index (χ4v) is 2.20. The van der Waals surface area contributed by atoms with E-state index in [1.807, 2.05) is 36.1 Å². The van der Waals surface area contributed by atoms with Crippen molar-refractivity contribution >= 4 is 27.5 Å². The molecule has 0 aliphatic carbocycles. The number of rotatable bonds is 1. The molecular weight excluding hydrogens is 242 g/mol. The average molecular weight is 254 g/mol. The van der Waals surface area contributed by atoms with Crippen LogP contribution in [0.2, 0.25) is 0 Å². The molecule has 1 aliphatic rings. The zero-order chi connectivity index (χ0) is 10.1. The summed E-state index contributed by atoms with van der Waals surface area (Å²) in [6.45, 7) is 2.85. The van der Waals surface area contributed by atoms with Crippen LogP contribution in [-0.2, 0) is 4.79 Å². The molecule has 1 aliphatic heterocycles. The quantitative estimate of drug-likeness (QED) is 0.705. The van der Waals surface area contributed by atoms with Crippen LogP contribution in [0.1, 0.15) is 12.0 Å². The average Bonchev–Trinajstić information content (AvgIpc) is 2.49. The summed E-state index contributed by atoms with van der Waals surface area (Å²) in [5.41, 5.74) is 2.20. The lowest BCUT2D eigenvalue weighted by Gasteiger charge is -2.18. The second kappa shape index (κ2) is 3.73. The maximum atomic E-state index is 11.7. The van der Waals surface area contributed by atoms with Gasteiger partial charge < -0.3 is 4.90 Å². The number of halogens is 1. The van der Waals surface area contributed by atoms with Crippen molar-refractivity contribution < 1.29 is 4.79 Å². The number of amides is 1. The van der Waals surface area contributed by atoms with E-state index >= 15 is 0 Å². The number of hydrogen-bond donors (Lipinski definition) is 0. The normalized spacial score (nSPS) is 21.7. The molecule has 1 unspecified atom stereocenters. The van der Waals surface area contributed by atoms with Crippen LogP contribution in [0.4, 0.5) is 5.69 Å². The minimum absolute atomic E-state index is 0.00195. The van der Waals surface area contributed by atoms with Crippen LogP contribution in [0.3, 0.4) is 0 Å². The molecule has 0 N–H and O–H groups in total. The second-order valence-electron chi connectivity index (χ2n) is 3.53. The maximum Gasteiger partial charge on any atom is 0.240 e. The van der Waals surface area contributed by atoms with Crippen molar-refractivity contribution in [2.24, 2.45) is 0 Å². The Morgan fingerprint density at radius 2 is 2.14 bits per heavy atom. The van der Waals surface area contributed by atoms with Crippen molar-refractivity contribution in [2.45, 2.75) is 18.2 Å². The van der Waals surface area contributed by atoms with E-state index in [1.165, 1.54) is 0 Å². The van der Waals surface area contributed by atoms with Gasteiger partial charge in [0.2, 0.25) is 5.91 Å². The predicted octanol–water partition coefficient (Wildman–Crippen LogP) is 2.50. The summed E-state index contributed by atoms with van der Waals surface area (Å²) in [5, 5.41) is 0. The van der Waals surface area contributed by atoms with E-state index in [-0.39, 0.29) is 10.7 Å². The molecule has 14 heavy (non-hydrogen) atoms. The van der Waals surface area contributed by atoms with Crippen LogP contribution in [-0.4, -0.2) is 17.3 Å². The van der Waals surface area contributed by atoms with Gasteiger partial charge in [-0.1, -0.05) is 34.1 Å². The van der Waals surface area contributed by atoms with Gasteiger partial charge in [0, 0.05) is 12.2 Å². The number of anilines is 1. The molecule has 0 spiro atoms. The molecule has 3 heteroatoms. The van der Waals surface area contributed by atoms with Gasteiger partial charge in [0.15, 0.2) is 0 Å². The Kier molecular flexibility index (Phi) is 2.59. The first-order valence-electron chi connectivity index (χ1n) is 4.71. The minimum atomic E-state index is 0.00195. The highest BCUT2D eigenvalue weighted by molar-refractivity contribution is 9.10. The lowest BCUT2D eigenvalue weighted by atomic mass is 10.2. The summed E-state index contributed by atoms with van der Waals surface area (Å²) in [6, 6.07) is 7.99. The molecule has 2 rings (SSSR count). The fraction of sp³-hybridized carbons (Fsp3) is 0.364. The van der Waals surface area contributed by atoms with Gasteiger partial charge in [-0.25, -0.2) is 0 Å². The molecule has 74 valence electrons. The standard InChI is InChI=1S/C11H12BrNO/c1-8-4-2-3-5-10(8)13-7-6-9(12)11(13)14/h2-5,9H,6-7H2,1H3. The van der Waals surface area contributed by atoms with E-state index in [0.717, 1.165) is 24.2 Å². The highest BCUT2D eigenvalue weighted by Crippen LogP contribution is 2.27. The van der Waals surface area contributed by atoms with E-state index in [2.05, 4.69) is 15.9 Å². The first-order valence-corrected chi connectivity index (χ1v) is 5.63. The number of para-hydroxylation sites is 1. The lowest BCUT2D eigenvalue weighted by molar-refractivity contribution is -0.116. The molecule has 1 fully saturated rings. The highest BCUT2D eigenvalue weighted by atomic mass is 79.9. The maximum absolute atomic E-state index is 11.7. The summed E-state index contributed by atoms with van der Waals surface area (Å²) in [4.78, 5) is 13.6. The number of aryl methyl sites for hydroxylation is 1. The number of benzene rings is 1.